The molecule has 9 heteroatoms. The fourth-order valence-corrected chi connectivity index (χ4v) is 13.1. The van der Waals surface area contributed by atoms with Gasteiger partial charge in [0.05, 0.1) is 40.3 Å². The Balaban J connectivity index is 3.93. The predicted octanol–water partition coefficient (Wildman–Crippen LogP) is 27.0. The maximum Gasteiger partial charge on any atom is 0.306 e. The summed E-state index contributed by atoms with van der Waals surface area (Å²) >= 11 is 0. The van der Waals surface area contributed by atoms with Crippen molar-refractivity contribution >= 4 is 17.9 Å². The standard InChI is InChI=1S/C91H167NO8/c1-6-8-10-12-14-16-18-20-22-24-26-28-30-32-34-36-38-40-42-43-44-45-46-48-49-51-53-55-57-59-61-63-65-67-69-71-73-75-77-79-81-88(93)98-85-87(86-99-91(90(95)96)97-84-83-92(3,4)5)100-89(94)82-80-78-76-74-72-70-68-66-64-62-60-58-56-54-52-50-47-41-39-37-35-33-31-29-27-25-23-21-19-17-15-13-11-9-7-2/h9,11,15,17,21,23,27,29,33,35,39,41,87,91H,6-8,10,12-14,16,18-20,22,24-26,28,30-32,34,36-38,40,42-86H2,1-5H3/b11-9-,17-15-,23-21-,29-27-,35-33-,41-39-. The van der Waals surface area contributed by atoms with Gasteiger partial charge in [0.1, 0.15) is 13.2 Å². The molecule has 9 nitrogen and oxygen atoms in total. The van der Waals surface area contributed by atoms with Crippen LogP contribution in [0.3, 0.4) is 0 Å². The van der Waals surface area contributed by atoms with Crippen LogP contribution < -0.4 is 5.11 Å². The predicted molar refractivity (Wildman–Crippen MR) is 431 cm³/mol. The summed E-state index contributed by atoms with van der Waals surface area (Å²) in [6, 6.07) is 0. The molecule has 0 aliphatic heterocycles. The van der Waals surface area contributed by atoms with Crippen LogP contribution in [0.1, 0.15) is 431 Å². The van der Waals surface area contributed by atoms with Crippen molar-refractivity contribution in [2.45, 2.75) is 444 Å². The van der Waals surface area contributed by atoms with E-state index < -0.39 is 24.3 Å². The average Bonchev–Trinajstić information content (AvgIpc) is 1.67. The number of carboxylic acid groups (broad SMARTS) is 1. The zero-order valence-corrected chi connectivity index (χ0v) is 67.1. The first-order valence-electron chi connectivity index (χ1n) is 43.6. The van der Waals surface area contributed by atoms with Crippen molar-refractivity contribution in [1.82, 2.24) is 0 Å². The Kier molecular flexibility index (Phi) is 78.7. The van der Waals surface area contributed by atoms with E-state index in [9.17, 15) is 19.5 Å². The van der Waals surface area contributed by atoms with Crippen LogP contribution in [-0.4, -0.2) is 82.3 Å². The van der Waals surface area contributed by atoms with Crippen LogP contribution in [0.25, 0.3) is 0 Å². The van der Waals surface area contributed by atoms with Gasteiger partial charge in [0.15, 0.2) is 12.4 Å². The number of quaternary nitrogens is 1. The van der Waals surface area contributed by atoms with Gasteiger partial charge in [-0.25, -0.2) is 0 Å². The first-order valence-corrected chi connectivity index (χ1v) is 43.6. The number of nitrogens with zero attached hydrogens (tertiary/aromatic N) is 1. The highest BCUT2D eigenvalue weighted by molar-refractivity contribution is 5.70. The maximum atomic E-state index is 13.0. The van der Waals surface area contributed by atoms with Gasteiger partial charge in [-0.1, -0.05) is 427 Å². The average molecular weight is 1400 g/mol. The van der Waals surface area contributed by atoms with E-state index in [-0.39, 0.29) is 32.2 Å². The summed E-state index contributed by atoms with van der Waals surface area (Å²) in [4.78, 5) is 37.7. The molecule has 2 unspecified atom stereocenters. The van der Waals surface area contributed by atoms with E-state index in [0.717, 1.165) is 70.6 Å². The largest absolute Gasteiger partial charge is 0.545 e. The summed E-state index contributed by atoms with van der Waals surface area (Å²) in [5.74, 6) is -2.25. The van der Waals surface area contributed by atoms with Gasteiger partial charge in [-0.15, -0.1) is 0 Å². The van der Waals surface area contributed by atoms with Crippen LogP contribution in [0.15, 0.2) is 72.9 Å². The molecule has 0 radical (unpaired) electrons. The molecule has 0 N–H and O–H groups in total. The lowest BCUT2D eigenvalue weighted by molar-refractivity contribution is -0.870. The Morgan fingerprint density at radius 1 is 0.310 bits per heavy atom. The van der Waals surface area contributed by atoms with Crippen LogP contribution in [0.2, 0.25) is 0 Å². The number of carbonyl (C=O) groups excluding carboxylic acids is 3. The minimum Gasteiger partial charge on any atom is -0.545 e. The smallest absolute Gasteiger partial charge is 0.306 e. The lowest BCUT2D eigenvalue weighted by Gasteiger charge is -2.26. The molecule has 0 rings (SSSR count). The van der Waals surface area contributed by atoms with Gasteiger partial charge in [0, 0.05) is 12.8 Å². The van der Waals surface area contributed by atoms with Crippen LogP contribution in [0.4, 0.5) is 0 Å². The number of hydrogen-bond donors (Lipinski definition) is 0. The highest BCUT2D eigenvalue weighted by Gasteiger charge is 2.22. The molecule has 0 saturated heterocycles. The second kappa shape index (κ2) is 81.4. The number of aliphatic carboxylic acids is 1. The molecule has 0 aliphatic rings. The molecule has 2 atom stereocenters. The molecule has 584 valence electrons. The van der Waals surface area contributed by atoms with Gasteiger partial charge in [-0.05, 0) is 64.2 Å². The number of esters is 2. The third kappa shape index (κ3) is 82.0. The Labute approximate surface area is 621 Å². The fourth-order valence-electron chi connectivity index (χ4n) is 13.1. The van der Waals surface area contributed by atoms with Crippen molar-refractivity contribution in [3.8, 4) is 0 Å². The number of carbonyl (C=O) groups is 3. The summed E-state index contributed by atoms with van der Waals surface area (Å²) in [6.07, 6.45) is 108. The molecule has 100 heavy (non-hydrogen) atoms. The van der Waals surface area contributed by atoms with Crippen molar-refractivity contribution in [1.29, 1.82) is 0 Å². The van der Waals surface area contributed by atoms with Gasteiger partial charge < -0.3 is 33.3 Å². The molecule has 0 fully saturated rings. The van der Waals surface area contributed by atoms with Crippen molar-refractivity contribution in [2.75, 3.05) is 47.5 Å². The summed E-state index contributed by atoms with van der Waals surface area (Å²) < 4.78 is 22.9. The van der Waals surface area contributed by atoms with Gasteiger partial charge >= 0.3 is 11.9 Å². The number of unbranched alkanes of at least 4 members (excludes halogenated alkanes) is 55. The number of likely N-dealkylation sites (N-methyl/N-ethyl adjacent to an activating group) is 1. The van der Waals surface area contributed by atoms with E-state index in [1.165, 1.54) is 327 Å². The van der Waals surface area contributed by atoms with Crippen molar-refractivity contribution < 1.29 is 42.9 Å². The monoisotopic (exact) mass is 1400 g/mol. The lowest BCUT2D eigenvalue weighted by Crippen LogP contribution is -2.44. The number of hydrogen-bond acceptors (Lipinski definition) is 8. The first-order chi connectivity index (χ1) is 49.1. The molecular weight excluding hydrogens is 1230 g/mol. The van der Waals surface area contributed by atoms with Crippen molar-refractivity contribution in [2.24, 2.45) is 0 Å². The molecule has 0 saturated carbocycles. The molecule has 0 amide bonds. The Morgan fingerprint density at radius 3 is 0.850 bits per heavy atom. The van der Waals surface area contributed by atoms with E-state index in [4.69, 9.17) is 18.9 Å². The lowest BCUT2D eigenvalue weighted by atomic mass is 10.0. The van der Waals surface area contributed by atoms with Gasteiger partial charge in [0.2, 0.25) is 0 Å². The molecular formula is C91H167NO8. The first kappa shape index (κ1) is 96.7. The van der Waals surface area contributed by atoms with E-state index in [2.05, 4.69) is 86.8 Å². The third-order valence-corrected chi connectivity index (χ3v) is 19.7. The summed E-state index contributed by atoms with van der Waals surface area (Å²) in [5, 5.41) is 11.9. The summed E-state index contributed by atoms with van der Waals surface area (Å²) in [7, 11) is 5.95. The molecule has 0 bridgehead atoms. The second-order valence-electron chi connectivity index (χ2n) is 30.8. The maximum absolute atomic E-state index is 13.0. The zero-order chi connectivity index (χ0) is 72.5. The SMILES string of the molecule is CC/C=C\C/C=C\C/C=C\C/C=C\C/C=C\C/C=C\CCCCCCCCCCCCCCCCCCC(=O)OC(COC(=O)CCCCCCCCCCCCCCCCCCCCCCCCCCCCCCCCCCCCCCCCCC)COC(OCC[N+](C)(C)C)C(=O)[O-]. The molecule has 0 aromatic rings. The summed E-state index contributed by atoms with van der Waals surface area (Å²) in [6.45, 7) is 4.71. The van der Waals surface area contributed by atoms with Gasteiger partial charge in [0.25, 0.3) is 0 Å². The van der Waals surface area contributed by atoms with Crippen LogP contribution in [0, 0.1) is 0 Å². The van der Waals surface area contributed by atoms with E-state index in [1.54, 1.807) is 0 Å². The van der Waals surface area contributed by atoms with Crippen LogP contribution in [-0.2, 0) is 33.3 Å². The van der Waals surface area contributed by atoms with Crippen molar-refractivity contribution in [3.05, 3.63) is 72.9 Å². The highest BCUT2D eigenvalue weighted by atomic mass is 16.7. The highest BCUT2D eigenvalue weighted by Crippen LogP contribution is 2.21. The summed E-state index contributed by atoms with van der Waals surface area (Å²) in [5.41, 5.74) is 0. The van der Waals surface area contributed by atoms with Gasteiger partial charge in [-0.2, -0.15) is 0 Å². The fraction of sp³-hybridized carbons (Fsp3) is 0.835. The molecule has 0 spiro atoms. The number of carboxylic acids is 1. The van der Waals surface area contributed by atoms with E-state index in [0.29, 0.717) is 23.9 Å². The number of rotatable bonds is 82. The molecule has 0 heterocycles. The topological polar surface area (TPSA) is 111 Å². The van der Waals surface area contributed by atoms with Crippen LogP contribution in [0.5, 0.6) is 0 Å². The van der Waals surface area contributed by atoms with E-state index >= 15 is 0 Å². The number of ether oxygens (including phenoxy) is 4. The Morgan fingerprint density at radius 2 is 0.570 bits per heavy atom. The normalized spacial score (nSPS) is 12.9. The number of allylic oxidation sites excluding steroid dienone is 12. The van der Waals surface area contributed by atoms with Crippen molar-refractivity contribution in [3.63, 3.8) is 0 Å². The van der Waals surface area contributed by atoms with E-state index in [1.807, 2.05) is 21.1 Å². The van der Waals surface area contributed by atoms with Gasteiger partial charge in [-0.3, -0.25) is 9.59 Å². The minimum atomic E-state index is -1.62. The minimum absolute atomic E-state index is 0.149. The third-order valence-electron chi connectivity index (χ3n) is 19.7. The van der Waals surface area contributed by atoms with Crippen LogP contribution >= 0.6 is 0 Å². The zero-order valence-electron chi connectivity index (χ0n) is 67.1. The quantitative estimate of drug-likeness (QED) is 0.0195. The second-order valence-corrected chi connectivity index (χ2v) is 30.8. The molecule has 0 aliphatic carbocycles. The molecule has 0 aromatic heterocycles. The Bertz CT molecular complexity index is 1880. The Hall–Kier alpha value is -3.27. The molecule has 0 aromatic carbocycles.